The van der Waals surface area contributed by atoms with E-state index in [0.717, 1.165) is 0 Å². The van der Waals surface area contributed by atoms with Crippen LogP contribution >= 0.6 is 12.4 Å². The van der Waals surface area contributed by atoms with Gasteiger partial charge in [0.1, 0.15) is 0 Å². The minimum absolute atomic E-state index is 0. The zero-order chi connectivity index (χ0) is 17.5. The minimum atomic E-state index is -0.532. The van der Waals surface area contributed by atoms with E-state index in [2.05, 4.69) is 5.32 Å². The Kier molecular flexibility index (Phi) is 9.92. The van der Waals surface area contributed by atoms with Crippen molar-refractivity contribution in [2.75, 3.05) is 39.3 Å². The van der Waals surface area contributed by atoms with Crippen molar-refractivity contribution in [3.63, 3.8) is 0 Å². The number of hydrogen-bond donors (Lipinski definition) is 2. The van der Waals surface area contributed by atoms with Crippen LogP contribution in [-0.4, -0.2) is 66.8 Å². The fourth-order valence-electron chi connectivity index (χ4n) is 2.85. The average Bonchev–Trinajstić information content (AvgIpc) is 2.57. The van der Waals surface area contributed by atoms with Crippen LogP contribution in [0.3, 0.4) is 0 Å². The molecule has 0 unspecified atom stereocenters. The molecule has 140 valence electrons. The van der Waals surface area contributed by atoms with E-state index in [4.69, 9.17) is 5.73 Å². The van der Waals surface area contributed by atoms with Crippen LogP contribution in [0.2, 0.25) is 0 Å². The first-order valence-corrected chi connectivity index (χ1v) is 8.41. The lowest BCUT2D eigenvalue weighted by Gasteiger charge is -2.34. The Morgan fingerprint density at radius 1 is 1.04 bits per heavy atom. The fourth-order valence-corrected chi connectivity index (χ4v) is 2.85. The van der Waals surface area contributed by atoms with Crippen molar-refractivity contribution in [3.05, 3.63) is 0 Å². The third-order valence-corrected chi connectivity index (χ3v) is 4.93. The van der Waals surface area contributed by atoms with Crippen molar-refractivity contribution in [1.82, 2.24) is 15.1 Å². The first-order valence-electron chi connectivity index (χ1n) is 8.41. The summed E-state index contributed by atoms with van der Waals surface area (Å²) < 4.78 is 0. The molecule has 1 fully saturated rings. The Morgan fingerprint density at radius 3 is 1.96 bits per heavy atom. The van der Waals surface area contributed by atoms with Crippen molar-refractivity contribution in [1.29, 1.82) is 0 Å². The first-order chi connectivity index (χ1) is 10.9. The molecular formula is C16H31ClN4O3. The number of nitrogens with one attached hydrogen (secondary N) is 1. The number of amides is 3. The maximum Gasteiger partial charge on any atom is 0.227 e. The van der Waals surface area contributed by atoms with Gasteiger partial charge in [-0.25, -0.2) is 0 Å². The van der Waals surface area contributed by atoms with Gasteiger partial charge in [0.25, 0.3) is 0 Å². The molecule has 0 aromatic rings. The van der Waals surface area contributed by atoms with Crippen LogP contribution in [0.5, 0.6) is 0 Å². The van der Waals surface area contributed by atoms with E-state index in [-0.39, 0.29) is 36.5 Å². The highest BCUT2D eigenvalue weighted by molar-refractivity contribution is 5.85. The maximum absolute atomic E-state index is 12.3. The van der Waals surface area contributed by atoms with Crippen LogP contribution < -0.4 is 11.1 Å². The molecule has 3 amide bonds. The lowest BCUT2D eigenvalue weighted by Crippen LogP contribution is -2.51. The second kappa shape index (κ2) is 10.5. The molecule has 1 saturated heterocycles. The van der Waals surface area contributed by atoms with Gasteiger partial charge < -0.3 is 20.9 Å². The number of nitrogens with two attached hydrogens (primary N) is 1. The molecule has 0 spiro atoms. The SMILES string of the molecule is CCC(CC)(CN)C(=O)NCCC(=O)N1CCN(C(C)=O)CC1.Cl. The monoisotopic (exact) mass is 362 g/mol. The maximum atomic E-state index is 12.3. The summed E-state index contributed by atoms with van der Waals surface area (Å²) in [6.45, 7) is 8.36. The van der Waals surface area contributed by atoms with E-state index in [0.29, 0.717) is 52.1 Å². The van der Waals surface area contributed by atoms with Gasteiger partial charge in [0.2, 0.25) is 17.7 Å². The molecule has 1 heterocycles. The van der Waals surface area contributed by atoms with Crippen molar-refractivity contribution in [2.24, 2.45) is 11.1 Å². The Morgan fingerprint density at radius 2 is 1.54 bits per heavy atom. The smallest absolute Gasteiger partial charge is 0.227 e. The molecule has 1 aliphatic rings. The largest absolute Gasteiger partial charge is 0.355 e. The normalized spacial score (nSPS) is 14.8. The summed E-state index contributed by atoms with van der Waals surface area (Å²) in [7, 11) is 0. The lowest BCUT2D eigenvalue weighted by molar-refractivity contribution is -0.138. The summed E-state index contributed by atoms with van der Waals surface area (Å²) in [5, 5.41) is 2.84. The van der Waals surface area contributed by atoms with Crippen molar-refractivity contribution in [3.8, 4) is 0 Å². The highest BCUT2D eigenvalue weighted by atomic mass is 35.5. The number of rotatable bonds is 7. The highest BCUT2D eigenvalue weighted by Gasteiger charge is 2.33. The van der Waals surface area contributed by atoms with E-state index in [9.17, 15) is 14.4 Å². The molecular weight excluding hydrogens is 332 g/mol. The number of piperazine rings is 1. The molecule has 0 saturated carbocycles. The molecule has 3 N–H and O–H groups in total. The van der Waals surface area contributed by atoms with Gasteiger partial charge in [-0.1, -0.05) is 13.8 Å². The van der Waals surface area contributed by atoms with Gasteiger partial charge in [-0.2, -0.15) is 0 Å². The van der Waals surface area contributed by atoms with Crippen LogP contribution in [0, 0.1) is 5.41 Å². The van der Waals surface area contributed by atoms with Crippen LogP contribution in [0.4, 0.5) is 0 Å². The van der Waals surface area contributed by atoms with Crippen LogP contribution in [0.25, 0.3) is 0 Å². The number of carbonyl (C=O) groups excluding carboxylic acids is 3. The Hall–Kier alpha value is -1.34. The standard InChI is InChI=1S/C16H30N4O3.ClH/c1-4-16(5-2,12-17)15(23)18-7-6-14(22)20-10-8-19(9-11-20)13(3)21;/h4-12,17H2,1-3H3,(H,18,23);1H. The van der Waals surface area contributed by atoms with Gasteiger partial charge >= 0.3 is 0 Å². The quantitative estimate of drug-likeness (QED) is 0.684. The highest BCUT2D eigenvalue weighted by Crippen LogP contribution is 2.24. The van der Waals surface area contributed by atoms with E-state index < -0.39 is 5.41 Å². The summed E-state index contributed by atoms with van der Waals surface area (Å²) in [5.74, 6) is -0.0133. The second-order valence-electron chi connectivity index (χ2n) is 6.08. The second-order valence-corrected chi connectivity index (χ2v) is 6.08. The molecule has 24 heavy (non-hydrogen) atoms. The molecule has 7 nitrogen and oxygen atoms in total. The third-order valence-electron chi connectivity index (χ3n) is 4.93. The van der Waals surface area contributed by atoms with Crippen molar-refractivity contribution in [2.45, 2.75) is 40.0 Å². The number of carbonyl (C=O) groups is 3. The molecule has 1 rings (SSSR count). The molecule has 0 aromatic carbocycles. The van der Waals surface area contributed by atoms with Crippen LogP contribution in [-0.2, 0) is 14.4 Å². The van der Waals surface area contributed by atoms with Gasteiger partial charge in [0.05, 0.1) is 5.41 Å². The fraction of sp³-hybridized carbons (Fsp3) is 0.812. The summed E-state index contributed by atoms with van der Waals surface area (Å²) in [6, 6.07) is 0. The number of hydrogen-bond acceptors (Lipinski definition) is 4. The predicted molar refractivity (Wildman–Crippen MR) is 95.8 cm³/mol. The van der Waals surface area contributed by atoms with E-state index >= 15 is 0 Å². The van der Waals surface area contributed by atoms with E-state index in [1.807, 2.05) is 13.8 Å². The number of halogens is 1. The topological polar surface area (TPSA) is 95.7 Å². The molecule has 1 aliphatic heterocycles. The van der Waals surface area contributed by atoms with Crippen LogP contribution in [0.15, 0.2) is 0 Å². The molecule has 0 radical (unpaired) electrons. The molecule has 8 heteroatoms. The van der Waals surface area contributed by atoms with Crippen molar-refractivity contribution >= 4 is 30.1 Å². The zero-order valence-corrected chi connectivity index (χ0v) is 15.8. The Balaban J connectivity index is 0.00000529. The summed E-state index contributed by atoms with van der Waals surface area (Å²) >= 11 is 0. The van der Waals surface area contributed by atoms with Gasteiger partial charge in [0.15, 0.2) is 0 Å². The van der Waals surface area contributed by atoms with Gasteiger partial charge in [-0.15, -0.1) is 12.4 Å². The number of nitrogens with zero attached hydrogens (tertiary/aromatic N) is 2. The predicted octanol–water partition coefficient (Wildman–Crippen LogP) is 0.370. The molecule has 0 atom stereocenters. The van der Waals surface area contributed by atoms with Crippen LogP contribution in [0.1, 0.15) is 40.0 Å². The zero-order valence-electron chi connectivity index (χ0n) is 15.0. The first kappa shape index (κ1) is 22.7. The summed E-state index contributed by atoms with van der Waals surface area (Å²) in [6.07, 6.45) is 1.65. The van der Waals surface area contributed by atoms with Gasteiger partial charge in [-0.05, 0) is 12.8 Å². The minimum Gasteiger partial charge on any atom is -0.355 e. The molecule has 0 bridgehead atoms. The summed E-state index contributed by atoms with van der Waals surface area (Å²) in [5.41, 5.74) is 5.22. The van der Waals surface area contributed by atoms with E-state index in [1.165, 1.54) is 6.92 Å². The Bertz CT molecular complexity index is 425. The Labute approximate surface area is 150 Å². The van der Waals surface area contributed by atoms with Gasteiger partial charge in [-0.3, -0.25) is 14.4 Å². The third kappa shape index (κ3) is 5.63. The van der Waals surface area contributed by atoms with Gasteiger partial charge in [0, 0.05) is 52.6 Å². The average molecular weight is 363 g/mol. The molecule has 0 aliphatic carbocycles. The summed E-state index contributed by atoms with van der Waals surface area (Å²) in [4.78, 5) is 39.2. The lowest BCUT2D eigenvalue weighted by atomic mass is 9.81. The molecule has 0 aromatic heterocycles. The van der Waals surface area contributed by atoms with Crippen molar-refractivity contribution < 1.29 is 14.4 Å². The van der Waals surface area contributed by atoms with E-state index in [1.54, 1.807) is 9.80 Å².